The van der Waals surface area contributed by atoms with E-state index < -0.39 is 0 Å². The third kappa shape index (κ3) is 6.18. The Morgan fingerprint density at radius 1 is 1.08 bits per heavy atom. The minimum Gasteiger partial charge on any atom is -0.492 e. The van der Waals surface area contributed by atoms with Crippen molar-refractivity contribution in [1.82, 2.24) is 4.90 Å². The minimum absolute atomic E-state index is 0.00256. The van der Waals surface area contributed by atoms with E-state index in [2.05, 4.69) is 5.32 Å². The molecule has 0 bridgehead atoms. The summed E-state index contributed by atoms with van der Waals surface area (Å²) in [6.07, 6.45) is 0.288. The summed E-state index contributed by atoms with van der Waals surface area (Å²) in [6.45, 7) is 2.45. The molecule has 0 atom stereocenters. The quantitative estimate of drug-likeness (QED) is 0.757. The zero-order valence-electron chi connectivity index (χ0n) is 14.5. The lowest BCUT2D eigenvalue weighted by atomic mass is 10.1. The Morgan fingerprint density at radius 3 is 2.32 bits per heavy atom. The van der Waals surface area contributed by atoms with Crippen LogP contribution in [0.25, 0.3) is 0 Å². The van der Waals surface area contributed by atoms with Crippen LogP contribution in [0.15, 0.2) is 48.5 Å². The number of nitrogens with zero attached hydrogens (tertiary/aromatic N) is 1. The van der Waals surface area contributed by atoms with Crippen molar-refractivity contribution in [2.75, 3.05) is 31.2 Å². The first kappa shape index (κ1) is 18.3. The summed E-state index contributed by atoms with van der Waals surface area (Å²) in [5.41, 5.74) is 7.91. The second-order valence-corrected chi connectivity index (χ2v) is 5.78. The van der Waals surface area contributed by atoms with Crippen molar-refractivity contribution in [2.24, 2.45) is 0 Å². The second-order valence-electron chi connectivity index (χ2n) is 5.78. The molecular formula is C19H23N3O3. The summed E-state index contributed by atoms with van der Waals surface area (Å²) in [5, 5.41) is 2.84. The van der Waals surface area contributed by atoms with Gasteiger partial charge in [0.15, 0.2) is 0 Å². The number of likely N-dealkylation sites (N-methyl/N-ethyl adjacent to an activating group) is 1. The molecule has 2 aromatic rings. The molecule has 0 aliphatic rings. The molecule has 6 heteroatoms. The maximum atomic E-state index is 12.1. The molecule has 132 valence electrons. The number of amides is 2. The SMILES string of the molecule is CC(=O)N(C)CCOc1ccc(NC(=O)Cc2ccc(N)cc2)cc1. The van der Waals surface area contributed by atoms with Gasteiger partial charge >= 0.3 is 0 Å². The lowest BCUT2D eigenvalue weighted by molar-refractivity contribution is -0.127. The molecule has 0 radical (unpaired) electrons. The van der Waals surface area contributed by atoms with Crippen LogP contribution in [-0.2, 0) is 16.0 Å². The molecule has 0 aromatic heterocycles. The third-order valence-electron chi connectivity index (χ3n) is 3.72. The van der Waals surface area contributed by atoms with Crippen molar-refractivity contribution in [3.63, 3.8) is 0 Å². The highest BCUT2D eigenvalue weighted by molar-refractivity contribution is 5.92. The molecule has 0 aliphatic carbocycles. The average molecular weight is 341 g/mol. The number of benzene rings is 2. The highest BCUT2D eigenvalue weighted by Crippen LogP contribution is 2.16. The summed E-state index contributed by atoms with van der Waals surface area (Å²) in [7, 11) is 1.73. The minimum atomic E-state index is -0.0958. The normalized spacial score (nSPS) is 10.2. The summed E-state index contributed by atoms with van der Waals surface area (Å²) in [4.78, 5) is 24.7. The maximum Gasteiger partial charge on any atom is 0.228 e. The number of nitrogens with two attached hydrogens (primary N) is 1. The summed E-state index contributed by atoms with van der Waals surface area (Å²) >= 11 is 0. The van der Waals surface area contributed by atoms with Gasteiger partial charge in [-0.05, 0) is 42.0 Å². The largest absolute Gasteiger partial charge is 0.492 e. The Balaban J connectivity index is 1.80. The molecule has 3 N–H and O–H groups in total. The van der Waals surface area contributed by atoms with Crippen molar-refractivity contribution in [2.45, 2.75) is 13.3 Å². The first-order valence-electron chi connectivity index (χ1n) is 8.03. The Bertz CT molecular complexity index is 712. The van der Waals surface area contributed by atoms with E-state index in [1.54, 1.807) is 48.3 Å². The molecule has 6 nitrogen and oxygen atoms in total. The maximum absolute atomic E-state index is 12.1. The second kappa shape index (κ2) is 8.73. The molecule has 0 spiro atoms. The monoisotopic (exact) mass is 341 g/mol. The summed E-state index contributed by atoms with van der Waals surface area (Å²) < 4.78 is 5.58. The van der Waals surface area contributed by atoms with Gasteiger partial charge in [-0.3, -0.25) is 9.59 Å². The van der Waals surface area contributed by atoms with Gasteiger partial charge in [0.05, 0.1) is 13.0 Å². The molecule has 0 saturated heterocycles. The fraction of sp³-hybridized carbons (Fsp3) is 0.263. The Morgan fingerprint density at radius 2 is 1.72 bits per heavy atom. The average Bonchev–Trinajstić information content (AvgIpc) is 2.58. The zero-order valence-corrected chi connectivity index (χ0v) is 14.5. The van der Waals surface area contributed by atoms with Crippen LogP contribution in [0.5, 0.6) is 5.75 Å². The summed E-state index contributed by atoms with van der Waals surface area (Å²) in [5.74, 6) is 0.595. The number of carbonyl (C=O) groups is 2. The van der Waals surface area contributed by atoms with E-state index in [1.165, 1.54) is 6.92 Å². The van der Waals surface area contributed by atoms with Gasteiger partial charge in [-0.1, -0.05) is 12.1 Å². The number of hydrogen-bond acceptors (Lipinski definition) is 4. The molecular weight excluding hydrogens is 318 g/mol. The molecule has 2 rings (SSSR count). The number of carbonyl (C=O) groups excluding carboxylic acids is 2. The first-order valence-corrected chi connectivity index (χ1v) is 8.03. The van der Waals surface area contributed by atoms with E-state index >= 15 is 0 Å². The third-order valence-corrected chi connectivity index (χ3v) is 3.72. The van der Waals surface area contributed by atoms with Crippen LogP contribution in [0.3, 0.4) is 0 Å². The Labute approximate surface area is 147 Å². The van der Waals surface area contributed by atoms with Gasteiger partial charge < -0.3 is 20.7 Å². The van der Waals surface area contributed by atoms with Gasteiger partial charge in [0.1, 0.15) is 12.4 Å². The molecule has 0 saturated carbocycles. The predicted octanol–water partition coefficient (Wildman–Crippen LogP) is 2.31. The van der Waals surface area contributed by atoms with Crippen LogP contribution in [0.1, 0.15) is 12.5 Å². The van der Waals surface area contributed by atoms with E-state index in [9.17, 15) is 9.59 Å². The van der Waals surface area contributed by atoms with Gasteiger partial charge in [0, 0.05) is 25.3 Å². The number of anilines is 2. The number of ether oxygens (including phenoxy) is 1. The van der Waals surface area contributed by atoms with Crippen LogP contribution in [0, 0.1) is 0 Å². The van der Waals surface area contributed by atoms with Gasteiger partial charge in [-0.25, -0.2) is 0 Å². The molecule has 0 unspecified atom stereocenters. The Kier molecular flexibility index (Phi) is 6.39. The fourth-order valence-electron chi connectivity index (χ4n) is 2.12. The fourth-order valence-corrected chi connectivity index (χ4v) is 2.12. The van der Waals surface area contributed by atoms with Gasteiger partial charge in [0.2, 0.25) is 11.8 Å². The van der Waals surface area contributed by atoms with Crippen LogP contribution in [0.4, 0.5) is 11.4 Å². The van der Waals surface area contributed by atoms with Crippen molar-refractivity contribution in [3.8, 4) is 5.75 Å². The first-order chi connectivity index (χ1) is 11.9. The molecule has 0 heterocycles. The number of nitrogens with one attached hydrogen (secondary N) is 1. The highest BCUT2D eigenvalue weighted by Gasteiger charge is 2.05. The number of hydrogen-bond donors (Lipinski definition) is 2. The van der Waals surface area contributed by atoms with Crippen LogP contribution in [0.2, 0.25) is 0 Å². The topological polar surface area (TPSA) is 84.7 Å². The van der Waals surface area contributed by atoms with Gasteiger partial charge in [-0.2, -0.15) is 0 Å². The number of rotatable bonds is 7. The van der Waals surface area contributed by atoms with Crippen LogP contribution >= 0.6 is 0 Å². The number of nitrogen functional groups attached to an aromatic ring is 1. The van der Waals surface area contributed by atoms with Gasteiger partial charge in [0.25, 0.3) is 0 Å². The van der Waals surface area contributed by atoms with Crippen molar-refractivity contribution in [3.05, 3.63) is 54.1 Å². The van der Waals surface area contributed by atoms with E-state index in [-0.39, 0.29) is 18.2 Å². The van der Waals surface area contributed by atoms with Crippen molar-refractivity contribution in [1.29, 1.82) is 0 Å². The smallest absolute Gasteiger partial charge is 0.228 e. The lowest BCUT2D eigenvalue weighted by Crippen LogP contribution is -2.28. The lowest BCUT2D eigenvalue weighted by Gasteiger charge is -2.15. The van der Waals surface area contributed by atoms with E-state index in [0.29, 0.717) is 30.3 Å². The van der Waals surface area contributed by atoms with Crippen LogP contribution < -0.4 is 15.8 Å². The molecule has 2 aromatic carbocycles. The van der Waals surface area contributed by atoms with E-state index in [1.807, 2.05) is 12.1 Å². The molecule has 2 amide bonds. The molecule has 0 fully saturated rings. The van der Waals surface area contributed by atoms with E-state index in [0.717, 1.165) is 5.56 Å². The van der Waals surface area contributed by atoms with Crippen LogP contribution in [-0.4, -0.2) is 36.9 Å². The summed E-state index contributed by atoms with van der Waals surface area (Å²) in [6, 6.07) is 14.4. The van der Waals surface area contributed by atoms with Crippen molar-refractivity contribution >= 4 is 23.2 Å². The highest BCUT2D eigenvalue weighted by atomic mass is 16.5. The molecule has 0 aliphatic heterocycles. The predicted molar refractivity (Wildman–Crippen MR) is 98.4 cm³/mol. The Hall–Kier alpha value is -3.02. The van der Waals surface area contributed by atoms with Crippen molar-refractivity contribution < 1.29 is 14.3 Å². The standard InChI is InChI=1S/C19H23N3O3/c1-14(23)22(2)11-12-25-18-9-7-17(8-10-18)21-19(24)13-15-3-5-16(20)6-4-15/h3-10H,11-13,20H2,1-2H3,(H,21,24). The van der Waals surface area contributed by atoms with E-state index in [4.69, 9.17) is 10.5 Å². The van der Waals surface area contributed by atoms with Gasteiger partial charge in [-0.15, -0.1) is 0 Å². The zero-order chi connectivity index (χ0) is 18.2. The molecule has 25 heavy (non-hydrogen) atoms.